The van der Waals surface area contributed by atoms with Crippen LogP contribution < -0.4 is 10.5 Å². The van der Waals surface area contributed by atoms with Crippen LogP contribution in [0, 0.1) is 6.92 Å². The molecule has 0 unspecified atom stereocenters. The maximum absolute atomic E-state index is 11.3. The highest BCUT2D eigenvalue weighted by atomic mass is 79.9. The average molecular weight is 322 g/mol. The Kier molecular flexibility index (Phi) is 3.76. The lowest BCUT2D eigenvalue weighted by molar-refractivity contribution is 0.0998. The number of benzene rings is 2. The highest BCUT2D eigenvalue weighted by Crippen LogP contribution is 2.30. The summed E-state index contributed by atoms with van der Waals surface area (Å²) in [5.74, 6) is 0.315. The van der Waals surface area contributed by atoms with E-state index < -0.39 is 5.91 Å². The highest BCUT2D eigenvalue weighted by Gasteiger charge is 2.11. The number of hydrogen-bond donors (Lipinski definition) is 2. The van der Waals surface area contributed by atoms with Gasteiger partial charge in [-0.3, -0.25) is 4.79 Å². The minimum atomic E-state index is -0.570. The topological polar surface area (TPSA) is 72.6 Å². The van der Waals surface area contributed by atoms with Crippen LogP contribution in [-0.2, 0) is 0 Å². The van der Waals surface area contributed by atoms with E-state index in [0.29, 0.717) is 11.5 Å². The van der Waals surface area contributed by atoms with Gasteiger partial charge in [0.25, 0.3) is 5.91 Å². The minimum Gasteiger partial charge on any atom is -0.508 e. The van der Waals surface area contributed by atoms with Crippen molar-refractivity contribution in [2.75, 3.05) is 0 Å². The minimum absolute atomic E-state index is 0.102. The van der Waals surface area contributed by atoms with Gasteiger partial charge < -0.3 is 15.6 Å². The standard InChI is InChI=1S/C14H12BrNO3/c1-8-4-10(17)7-11(5-8)19-13-6-9(15)2-3-12(13)14(16)18/h2-7,17H,1H3,(H2,16,18). The highest BCUT2D eigenvalue weighted by molar-refractivity contribution is 9.10. The molecule has 0 bridgehead atoms. The van der Waals surface area contributed by atoms with Crippen LogP contribution in [-0.4, -0.2) is 11.0 Å². The number of amides is 1. The first-order chi connectivity index (χ1) is 8.95. The Balaban J connectivity index is 2.42. The normalized spacial score (nSPS) is 10.2. The third kappa shape index (κ3) is 3.26. The van der Waals surface area contributed by atoms with Crippen LogP contribution in [0.4, 0.5) is 0 Å². The fourth-order valence-electron chi connectivity index (χ4n) is 1.70. The third-order valence-electron chi connectivity index (χ3n) is 2.47. The summed E-state index contributed by atoms with van der Waals surface area (Å²) in [4.78, 5) is 11.3. The van der Waals surface area contributed by atoms with Gasteiger partial charge in [0.15, 0.2) is 0 Å². The van der Waals surface area contributed by atoms with Crippen LogP contribution in [0.1, 0.15) is 15.9 Å². The predicted octanol–water partition coefficient (Wildman–Crippen LogP) is 3.35. The Bertz CT molecular complexity index is 620. The quantitative estimate of drug-likeness (QED) is 0.910. The number of aryl methyl sites for hydroxylation is 1. The lowest BCUT2D eigenvalue weighted by Gasteiger charge is -2.10. The van der Waals surface area contributed by atoms with Crippen molar-refractivity contribution in [1.82, 2.24) is 0 Å². The second-order valence-electron chi connectivity index (χ2n) is 4.11. The number of phenolic OH excluding ortho intramolecular Hbond substituents is 1. The largest absolute Gasteiger partial charge is 0.508 e. The summed E-state index contributed by atoms with van der Waals surface area (Å²) in [6.07, 6.45) is 0. The molecule has 5 heteroatoms. The number of carbonyl (C=O) groups excluding carboxylic acids is 1. The lowest BCUT2D eigenvalue weighted by Crippen LogP contribution is -2.12. The van der Waals surface area contributed by atoms with Gasteiger partial charge in [-0.15, -0.1) is 0 Å². The zero-order valence-electron chi connectivity index (χ0n) is 10.2. The van der Waals surface area contributed by atoms with E-state index in [1.165, 1.54) is 6.07 Å². The van der Waals surface area contributed by atoms with Crippen LogP contribution in [0.2, 0.25) is 0 Å². The molecule has 3 N–H and O–H groups in total. The fourth-order valence-corrected chi connectivity index (χ4v) is 2.04. The summed E-state index contributed by atoms with van der Waals surface area (Å²) in [5.41, 5.74) is 6.43. The number of nitrogens with two attached hydrogens (primary N) is 1. The van der Waals surface area contributed by atoms with Crippen LogP contribution in [0.5, 0.6) is 17.2 Å². The molecule has 0 aliphatic heterocycles. The molecule has 0 spiro atoms. The van der Waals surface area contributed by atoms with Gasteiger partial charge in [0.05, 0.1) is 5.56 Å². The van der Waals surface area contributed by atoms with E-state index >= 15 is 0 Å². The SMILES string of the molecule is Cc1cc(O)cc(Oc2cc(Br)ccc2C(N)=O)c1. The van der Waals surface area contributed by atoms with Crippen LogP contribution in [0.15, 0.2) is 40.9 Å². The monoisotopic (exact) mass is 321 g/mol. The lowest BCUT2D eigenvalue weighted by atomic mass is 10.2. The van der Waals surface area contributed by atoms with E-state index in [4.69, 9.17) is 10.5 Å². The van der Waals surface area contributed by atoms with E-state index in [1.807, 2.05) is 6.92 Å². The van der Waals surface area contributed by atoms with Gasteiger partial charge in [-0.2, -0.15) is 0 Å². The van der Waals surface area contributed by atoms with Crippen molar-refractivity contribution >= 4 is 21.8 Å². The first kappa shape index (κ1) is 13.4. The number of phenols is 1. The first-order valence-electron chi connectivity index (χ1n) is 5.53. The second kappa shape index (κ2) is 5.32. The Morgan fingerprint density at radius 2 is 2.00 bits per heavy atom. The first-order valence-corrected chi connectivity index (χ1v) is 6.33. The molecule has 2 rings (SSSR count). The summed E-state index contributed by atoms with van der Waals surface area (Å²) < 4.78 is 6.39. The molecule has 0 saturated carbocycles. The number of halogens is 1. The van der Waals surface area contributed by atoms with Crippen molar-refractivity contribution in [3.05, 3.63) is 52.0 Å². The van der Waals surface area contributed by atoms with E-state index in [2.05, 4.69) is 15.9 Å². The van der Waals surface area contributed by atoms with Crippen molar-refractivity contribution in [3.8, 4) is 17.2 Å². The second-order valence-corrected chi connectivity index (χ2v) is 5.03. The molecule has 2 aromatic carbocycles. The third-order valence-corrected chi connectivity index (χ3v) is 2.97. The molecule has 2 aromatic rings. The predicted molar refractivity (Wildman–Crippen MR) is 75.6 cm³/mol. The van der Waals surface area contributed by atoms with Crippen molar-refractivity contribution in [2.24, 2.45) is 5.73 Å². The molecule has 98 valence electrons. The van der Waals surface area contributed by atoms with Gasteiger partial charge in [-0.1, -0.05) is 15.9 Å². The van der Waals surface area contributed by atoms with E-state index in [-0.39, 0.29) is 11.3 Å². The smallest absolute Gasteiger partial charge is 0.252 e. The van der Waals surface area contributed by atoms with E-state index in [0.717, 1.165) is 10.0 Å². The molecule has 19 heavy (non-hydrogen) atoms. The van der Waals surface area contributed by atoms with Gasteiger partial charge in [-0.05, 0) is 42.8 Å². The molecule has 0 heterocycles. The Labute approximate surface area is 118 Å². The molecular weight excluding hydrogens is 310 g/mol. The maximum atomic E-state index is 11.3. The molecule has 1 amide bonds. The maximum Gasteiger partial charge on any atom is 0.252 e. The van der Waals surface area contributed by atoms with Crippen molar-refractivity contribution < 1.29 is 14.6 Å². The molecule has 4 nitrogen and oxygen atoms in total. The zero-order chi connectivity index (χ0) is 14.0. The zero-order valence-corrected chi connectivity index (χ0v) is 11.8. The molecule has 0 radical (unpaired) electrons. The van der Waals surface area contributed by atoms with Crippen LogP contribution >= 0.6 is 15.9 Å². The molecule has 0 fully saturated rings. The molecule has 0 saturated heterocycles. The summed E-state index contributed by atoms with van der Waals surface area (Å²) in [5, 5.41) is 9.52. The van der Waals surface area contributed by atoms with Gasteiger partial charge in [-0.25, -0.2) is 0 Å². The van der Waals surface area contributed by atoms with Gasteiger partial charge in [0.2, 0.25) is 0 Å². The van der Waals surface area contributed by atoms with Crippen LogP contribution in [0.25, 0.3) is 0 Å². The van der Waals surface area contributed by atoms with Crippen molar-refractivity contribution in [2.45, 2.75) is 6.92 Å². The molecule has 0 aliphatic rings. The summed E-state index contributed by atoms with van der Waals surface area (Å²) in [6, 6.07) is 9.78. The number of aromatic hydroxyl groups is 1. The van der Waals surface area contributed by atoms with E-state index in [9.17, 15) is 9.90 Å². The van der Waals surface area contributed by atoms with Crippen LogP contribution in [0.3, 0.4) is 0 Å². The van der Waals surface area contributed by atoms with E-state index in [1.54, 1.807) is 30.3 Å². The Morgan fingerprint density at radius 3 is 2.63 bits per heavy atom. The Morgan fingerprint density at radius 1 is 1.26 bits per heavy atom. The number of hydrogen-bond acceptors (Lipinski definition) is 3. The molecule has 0 aliphatic carbocycles. The van der Waals surface area contributed by atoms with Crippen molar-refractivity contribution in [1.29, 1.82) is 0 Å². The van der Waals surface area contributed by atoms with Gasteiger partial charge in [0.1, 0.15) is 17.2 Å². The number of carbonyl (C=O) groups is 1. The molecular formula is C14H12BrNO3. The van der Waals surface area contributed by atoms with Gasteiger partial charge in [0, 0.05) is 10.5 Å². The van der Waals surface area contributed by atoms with Gasteiger partial charge >= 0.3 is 0 Å². The summed E-state index contributed by atoms with van der Waals surface area (Å²) in [7, 11) is 0. The fraction of sp³-hybridized carbons (Fsp3) is 0.0714. The molecule has 0 atom stereocenters. The summed E-state index contributed by atoms with van der Waals surface area (Å²) in [6.45, 7) is 1.84. The Hall–Kier alpha value is -2.01. The number of rotatable bonds is 3. The summed E-state index contributed by atoms with van der Waals surface area (Å²) >= 11 is 3.31. The average Bonchev–Trinajstić information content (AvgIpc) is 2.26. The van der Waals surface area contributed by atoms with Crippen molar-refractivity contribution in [3.63, 3.8) is 0 Å². The number of primary amides is 1. The number of ether oxygens (including phenoxy) is 1. The molecule has 0 aromatic heterocycles.